The fourth-order valence-electron chi connectivity index (χ4n) is 4.34. The van der Waals surface area contributed by atoms with Crippen LogP contribution in [0.1, 0.15) is 58.4 Å². The fraction of sp³-hybridized carbons (Fsp3) is 0.464. The maximum atomic E-state index is 13.1. The van der Waals surface area contributed by atoms with Crippen molar-refractivity contribution in [3.63, 3.8) is 0 Å². The van der Waals surface area contributed by atoms with Gasteiger partial charge >= 0.3 is 6.09 Å². The van der Waals surface area contributed by atoms with Crippen molar-refractivity contribution >= 4 is 11.8 Å². The third-order valence-electron chi connectivity index (χ3n) is 5.99. The summed E-state index contributed by atoms with van der Waals surface area (Å²) in [5.41, 5.74) is 1.53. The Morgan fingerprint density at radius 1 is 1.03 bits per heavy atom. The van der Waals surface area contributed by atoms with Gasteiger partial charge in [0.25, 0.3) is 0 Å². The van der Waals surface area contributed by atoms with Gasteiger partial charge in [-0.1, -0.05) is 55.7 Å². The Morgan fingerprint density at radius 3 is 2.28 bits per heavy atom. The number of rotatable bonds is 7. The molecule has 0 aromatic heterocycles. The summed E-state index contributed by atoms with van der Waals surface area (Å²) in [6, 6.07) is 18.1. The van der Waals surface area contributed by atoms with E-state index >= 15 is 0 Å². The lowest BCUT2D eigenvalue weighted by molar-refractivity contribution is 0.0596. The second kappa shape index (κ2) is 11.2. The number of hydrogen-bond donors (Lipinski definition) is 0. The SMILES string of the molecule is COc1ccc(N(/C=C/[C@@H](Cc2ccccc2)C2CCCCC2)C(=O)OC(C)(C)C)cc1. The number of nitrogens with zero attached hydrogens (tertiary/aromatic N) is 1. The Morgan fingerprint density at radius 2 is 1.69 bits per heavy atom. The first-order chi connectivity index (χ1) is 15.4. The van der Waals surface area contributed by atoms with Crippen molar-refractivity contribution in [3.8, 4) is 5.75 Å². The topological polar surface area (TPSA) is 38.8 Å². The predicted octanol–water partition coefficient (Wildman–Crippen LogP) is 7.39. The van der Waals surface area contributed by atoms with Gasteiger partial charge in [-0.2, -0.15) is 0 Å². The van der Waals surface area contributed by atoms with Gasteiger partial charge < -0.3 is 9.47 Å². The van der Waals surface area contributed by atoms with Crippen molar-refractivity contribution in [2.24, 2.45) is 11.8 Å². The summed E-state index contributed by atoms with van der Waals surface area (Å²) in [5, 5.41) is 0. The van der Waals surface area contributed by atoms with Crippen molar-refractivity contribution in [3.05, 3.63) is 72.4 Å². The van der Waals surface area contributed by atoms with E-state index in [-0.39, 0.29) is 6.09 Å². The van der Waals surface area contributed by atoms with Crippen LogP contribution in [0.5, 0.6) is 5.75 Å². The maximum absolute atomic E-state index is 13.1. The molecule has 2 aromatic carbocycles. The number of carbonyl (C=O) groups is 1. The van der Waals surface area contributed by atoms with E-state index < -0.39 is 5.60 Å². The molecule has 2 aromatic rings. The molecule has 0 heterocycles. The van der Waals surface area contributed by atoms with Crippen molar-refractivity contribution in [2.45, 2.75) is 64.9 Å². The van der Waals surface area contributed by atoms with E-state index in [4.69, 9.17) is 9.47 Å². The third-order valence-corrected chi connectivity index (χ3v) is 5.99. The molecular formula is C28H37NO3. The number of anilines is 1. The number of allylic oxidation sites excluding steroid dienone is 1. The number of carbonyl (C=O) groups excluding carboxylic acids is 1. The normalized spacial score (nSPS) is 16.0. The first kappa shape index (κ1) is 23.9. The molecule has 1 atom stereocenters. The zero-order valence-electron chi connectivity index (χ0n) is 19.9. The van der Waals surface area contributed by atoms with Crippen molar-refractivity contribution in [1.29, 1.82) is 0 Å². The maximum Gasteiger partial charge on any atom is 0.418 e. The zero-order chi connectivity index (χ0) is 23.0. The molecule has 0 radical (unpaired) electrons. The van der Waals surface area contributed by atoms with Crippen LogP contribution in [0.2, 0.25) is 0 Å². The lowest BCUT2D eigenvalue weighted by Gasteiger charge is -2.30. The predicted molar refractivity (Wildman–Crippen MR) is 131 cm³/mol. The highest BCUT2D eigenvalue weighted by atomic mass is 16.6. The monoisotopic (exact) mass is 435 g/mol. The minimum atomic E-state index is -0.567. The quantitative estimate of drug-likeness (QED) is 0.455. The van der Waals surface area contributed by atoms with E-state index in [2.05, 4.69) is 36.4 Å². The Bertz CT molecular complexity index is 862. The number of hydrogen-bond acceptors (Lipinski definition) is 3. The molecule has 3 rings (SSSR count). The molecule has 0 N–H and O–H groups in total. The Hall–Kier alpha value is -2.75. The number of ether oxygens (including phenoxy) is 2. The van der Waals surface area contributed by atoms with Crippen LogP contribution < -0.4 is 9.64 Å². The molecule has 4 nitrogen and oxygen atoms in total. The summed E-state index contributed by atoms with van der Waals surface area (Å²) in [4.78, 5) is 14.7. The minimum absolute atomic E-state index is 0.374. The first-order valence-corrected chi connectivity index (χ1v) is 11.7. The second-order valence-corrected chi connectivity index (χ2v) is 9.64. The molecule has 0 bridgehead atoms. The summed E-state index contributed by atoms with van der Waals surface area (Å²) < 4.78 is 11.0. The smallest absolute Gasteiger partial charge is 0.418 e. The Kier molecular flexibility index (Phi) is 8.38. The van der Waals surface area contributed by atoms with Gasteiger partial charge in [0.15, 0.2) is 0 Å². The molecule has 0 aliphatic heterocycles. The highest BCUT2D eigenvalue weighted by Gasteiger charge is 2.25. The van der Waals surface area contributed by atoms with Gasteiger partial charge in [0, 0.05) is 6.20 Å². The molecular weight excluding hydrogens is 398 g/mol. The Labute approximate surface area is 193 Å². The van der Waals surface area contributed by atoms with Crippen LogP contribution in [0, 0.1) is 11.8 Å². The average molecular weight is 436 g/mol. The molecule has 1 amide bonds. The summed E-state index contributed by atoms with van der Waals surface area (Å²) in [7, 11) is 1.64. The van der Waals surface area contributed by atoms with Gasteiger partial charge in [-0.3, -0.25) is 4.90 Å². The third kappa shape index (κ3) is 7.15. The summed E-state index contributed by atoms with van der Waals surface area (Å²) in [5.74, 6) is 1.77. The molecule has 1 saturated carbocycles. The largest absolute Gasteiger partial charge is 0.497 e. The number of amides is 1. The molecule has 0 unspecified atom stereocenters. The van der Waals surface area contributed by atoms with E-state index in [1.165, 1.54) is 37.7 Å². The van der Waals surface area contributed by atoms with Crippen molar-refractivity contribution < 1.29 is 14.3 Å². The van der Waals surface area contributed by atoms with Crippen molar-refractivity contribution in [1.82, 2.24) is 0 Å². The number of benzene rings is 2. The summed E-state index contributed by atoms with van der Waals surface area (Å²) in [6.45, 7) is 5.67. The number of methoxy groups -OCH3 is 1. The molecule has 4 heteroatoms. The van der Waals surface area contributed by atoms with Crippen LogP contribution >= 0.6 is 0 Å². The molecule has 1 fully saturated rings. The highest BCUT2D eigenvalue weighted by molar-refractivity contribution is 5.90. The molecule has 1 aliphatic rings. The van der Waals surface area contributed by atoms with E-state index in [1.807, 2.05) is 51.2 Å². The zero-order valence-corrected chi connectivity index (χ0v) is 19.9. The summed E-state index contributed by atoms with van der Waals surface area (Å²) >= 11 is 0. The highest BCUT2D eigenvalue weighted by Crippen LogP contribution is 2.33. The van der Waals surface area contributed by atoms with E-state index in [0.717, 1.165) is 17.9 Å². The molecule has 0 saturated heterocycles. The molecule has 0 spiro atoms. The van der Waals surface area contributed by atoms with Crippen LogP contribution in [-0.4, -0.2) is 18.8 Å². The van der Waals surface area contributed by atoms with E-state index in [9.17, 15) is 4.79 Å². The van der Waals surface area contributed by atoms with Crippen LogP contribution in [0.3, 0.4) is 0 Å². The van der Waals surface area contributed by atoms with Gasteiger partial charge in [-0.15, -0.1) is 0 Å². The molecule has 1 aliphatic carbocycles. The second-order valence-electron chi connectivity index (χ2n) is 9.64. The van der Waals surface area contributed by atoms with Gasteiger partial charge in [0.1, 0.15) is 11.4 Å². The van der Waals surface area contributed by atoms with Crippen LogP contribution in [0.15, 0.2) is 66.9 Å². The van der Waals surface area contributed by atoms with Gasteiger partial charge in [0.05, 0.1) is 12.8 Å². The molecule has 32 heavy (non-hydrogen) atoms. The fourth-order valence-corrected chi connectivity index (χ4v) is 4.34. The minimum Gasteiger partial charge on any atom is -0.497 e. The van der Waals surface area contributed by atoms with E-state index in [0.29, 0.717) is 11.8 Å². The lowest BCUT2D eigenvalue weighted by atomic mass is 9.77. The van der Waals surface area contributed by atoms with E-state index in [1.54, 1.807) is 12.0 Å². The van der Waals surface area contributed by atoms with Crippen molar-refractivity contribution in [2.75, 3.05) is 12.0 Å². The van der Waals surface area contributed by atoms with Crippen LogP contribution in [-0.2, 0) is 11.2 Å². The first-order valence-electron chi connectivity index (χ1n) is 11.7. The van der Waals surface area contributed by atoms with Gasteiger partial charge in [0.2, 0.25) is 0 Å². The average Bonchev–Trinajstić information content (AvgIpc) is 2.79. The molecule has 172 valence electrons. The van der Waals surface area contributed by atoms with Gasteiger partial charge in [-0.05, 0) is 81.7 Å². The van der Waals surface area contributed by atoms with Crippen LogP contribution in [0.4, 0.5) is 10.5 Å². The standard InChI is InChI=1S/C28H37NO3/c1-28(2,3)32-27(30)29(25-15-17-26(31-4)18-16-25)20-19-24(23-13-9-6-10-14-23)21-22-11-7-5-8-12-22/h5,7-8,11-12,15-20,23-24H,6,9-10,13-14,21H2,1-4H3/b20-19+/t24-/m0/s1. The Balaban J connectivity index is 1.88. The van der Waals surface area contributed by atoms with Crippen LogP contribution in [0.25, 0.3) is 0 Å². The lowest BCUT2D eigenvalue weighted by Crippen LogP contribution is -2.33. The van der Waals surface area contributed by atoms with Gasteiger partial charge in [-0.25, -0.2) is 4.79 Å². The summed E-state index contributed by atoms with van der Waals surface area (Å²) in [6.07, 6.45) is 11.1.